The van der Waals surface area contributed by atoms with Crippen LogP contribution in [0.4, 0.5) is 40.2 Å². The third-order valence-corrected chi connectivity index (χ3v) is 16.7. The number of methoxy groups -OCH3 is 1. The molecule has 6 heterocycles. The molecule has 1 unspecified atom stereocenters. The number of piperazine rings is 1. The Balaban J connectivity index is 0.689. The van der Waals surface area contributed by atoms with Crippen LogP contribution in [-0.2, 0) is 26.0 Å². The van der Waals surface area contributed by atoms with Crippen molar-refractivity contribution in [3.63, 3.8) is 0 Å². The number of aromatic nitrogens is 2. The molecule has 364 valence electrons. The Kier molecular flexibility index (Phi) is 12.8. The lowest BCUT2D eigenvalue weighted by molar-refractivity contribution is -0.136. The molecule has 5 aliphatic heterocycles. The smallest absolute Gasteiger partial charge is 0.262 e. The van der Waals surface area contributed by atoms with Gasteiger partial charge in [0, 0.05) is 102 Å². The number of hydrogen-bond acceptors (Lipinski definition) is 15. The van der Waals surface area contributed by atoms with Gasteiger partial charge in [-0.15, -0.1) is 0 Å². The summed E-state index contributed by atoms with van der Waals surface area (Å²) in [6, 6.07) is 15.1. The van der Waals surface area contributed by atoms with Crippen molar-refractivity contribution in [1.29, 1.82) is 0 Å². The number of amides is 4. The van der Waals surface area contributed by atoms with Gasteiger partial charge < -0.3 is 30.1 Å². The fourth-order valence-electron chi connectivity index (χ4n) is 11.1. The first-order chi connectivity index (χ1) is 33.1. The Morgan fingerprint density at radius 1 is 0.884 bits per heavy atom. The van der Waals surface area contributed by atoms with Crippen LogP contribution in [-0.4, -0.2) is 148 Å². The number of fused-ring (bicyclic) bond motifs is 2. The molecule has 18 nitrogen and oxygen atoms in total. The number of piperidine rings is 2. The highest BCUT2D eigenvalue weighted by Crippen LogP contribution is 2.41. The molecule has 4 fully saturated rings. The zero-order valence-corrected chi connectivity index (χ0v) is 41.7. The van der Waals surface area contributed by atoms with Crippen LogP contribution in [0.25, 0.3) is 0 Å². The lowest BCUT2D eigenvalue weighted by Gasteiger charge is -2.47. The van der Waals surface area contributed by atoms with Crippen LogP contribution in [0.2, 0.25) is 0 Å². The summed E-state index contributed by atoms with van der Waals surface area (Å²) in [7, 11) is 0.260. The number of nitrogens with zero attached hydrogens (tertiary/aromatic N) is 8. The van der Waals surface area contributed by atoms with Gasteiger partial charge in [-0.3, -0.25) is 38.6 Å². The minimum absolute atomic E-state index is 0.0928. The molecule has 4 aromatic rings. The molecule has 6 aliphatic rings. The third kappa shape index (κ3) is 9.23. The van der Waals surface area contributed by atoms with Crippen molar-refractivity contribution in [2.24, 2.45) is 5.92 Å². The van der Waals surface area contributed by atoms with E-state index >= 15 is 0 Å². The number of nitrogens with one attached hydrogen (secondary N) is 3. The number of rotatable bonds is 13. The SMILES string of the molecule is COc1cc(N2CCC(N3CCN(CC4CC(N(C)c5ccc6c(c5)C(=O)N(C5CCC(=O)NC5=O)C6=O)C4)CC3)CC2)c(C)cc1Nc1ncc(Br)c(Nc2cccc3c2N(S(C)(=O)=O)CC3)n1. The van der Waals surface area contributed by atoms with Gasteiger partial charge in [0.1, 0.15) is 17.6 Å². The summed E-state index contributed by atoms with van der Waals surface area (Å²) in [5.74, 6) is 0.176. The number of ether oxygens (including phenoxy) is 1. The molecule has 1 saturated carbocycles. The van der Waals surface area contributed by atoms with Gasteiger partial charge in [0.25, 0.3) is 11.8 Å². The Morgan fingerprint density at radius 3 is 2.36 bits per heavy atom. The summed E-state index contributed by atoms with van der Waals surface area (Å²) >= 11 is 3.57. The number of halogens is 1. The number of anilines is 7. The van der Waals surface area contributed by atoms with Crippen molar-refractivity contribution < 1.29 is 32.3 Å². The molecular weight excluding hydrogens is 967 g/mol. The van der Waals surface area contributed by atoms with E-state index in [4.69, 9.17) is 9.72 Å². The van der Waals surface area contributed by atoms with Crippen molar-refractivity contribution in [2.45, 2.75) is 70.0 Å². The van der Waals surface area contributed by atoms with Gasteiger partial charge in [0.2, 0.25) is 27.8 Å². The summed E-state index contributed by atoms with van der Waals surface area (Å²) in [6.07, 6.45) is 8.06. The van der Waals surface area contributed by atoms with Crippen LogP contribution < -0.4 is 34.8 Å². The van der Waals surface area contributed by atoms with Crippen LogP contribution in [0, 0.1) is 12.8 Å². The highest BCUT2D eigenvalue weighted by Gasteiger charge is 2.45. The fraction of sp³-hybridized carbons (Fsp3) is 0.469. The lowest BCUT2D eigenvalue weighted by atomic mass is 9.78. The molecule has 1 aromatic heterocycles. The average molecular weight is 1030 g/mol. The number of hydrogen-bond donors (Lipinski definition) is 3. The maximum Gasteiger partial charge on any atom is 0.262 e. The number of benzene rings is 3. The van der Waals surface area contributed by atoms with Crippen LogP contribution in [0.15, 0.2) is 59.2 Å². The van der Waals surface area contributed by atoms with Crippen molar-refractivity contribution in [3.8, 4) is 5.75 Å². The second-order valence-corrected chi connectivity index (χ2v) is 22.0. The molecule has 69 heavy (non-hydrogen) atoms. The molecule has 0 bridgehead atoms. The molecule has 0 radical (unpaired) electrons. The van der Waals surface area contributed by atoms with E-state index in [9.17, 15) is 27.6 Å². The quantitative estimate of drug-likeness (QED) is 0.147. The van der Waals surface area contributed by atoms with E-state index in [1.807, 2.05) is 31.3 Å². The van der Waals surface area contributed by atoms with Gasteiger partial charge in [0.15, 0.2) is 0 Å². The maximum atomic E-state index is 13.4. The lowest BCUT2D eigenvalue weighted by Crippen LogP contribution is -2.55. The Morgan fingerprint density at radius 2 is 1.64 bits per heavy atom. The molecule has 10 rings (SSSR count). The molecular formula is C49H58BrN11O7S. The first-order valence-corrected chi connectivity index (χ1v) is 26.4. The molecule has 3 aromatic carbocycles. The van der Waals surface area contributed by atoms with E-state index in [2.05, 4.69) is 75.5 Å². The standard InChI is InChI=1S/C49H58BrN11O7S/c1-29-22-39(53-49-51-27-37(50)45(55-49)52-38-7-5-6-31-12-17-60(44(31)38)69(4,66)67)42(68-3)26-41(29)59-15-13-32(14-16-59)58-20-18-57(19-21-58)28-30-23-34(24-30)56(2)33-8-9-35-36(25-33)48(65)61(47(35)64)40-10-11-43(62)54-46(40)63/h5-9,22,25-27,30,32,34,40H,10-21,23-24,28H2,1-4H3,(H,54,62,63)(H2,51,52,53,55). The van der Waals surface area contributed by atoms with E-state index in [1.54, 1.807) is 25.4 Å². The molecule has 4 amide bonds. The summed E-state index contributed by atoms with van der Waals surface area (Å²) < 4.78 is 33.2. The predicted octanol–water partition coefficient (Wildman–Crippen LogP) is 5.27. The zero-order chi connectivity index (χ0) is 48.3. The van der Waals surface area contributed by atoms with Crippen molar-refractivity contribution >= 4 is 89.8 Å². The highest BCUT2D eigenvalue weighted by atomic mass is 79.9. The number of aryl methyl sites for hydroxylation is 1. The number of imide groups is 2. The maximum absolute atomic E-state index is 13.4. The predicted molar refractivity (Wildman–Crippen MR) is 268 cm³/mol. The molecule has 3 N–H and O–H groups in total. The van der Waals surface area contributed by atoms with Gasteiger partial charge in [0.05, 0.1) is 46.0 Å². The minimum atomic E-state index is -3.45. The molecule has 0 spiro atoms. The van der Waals surface area contributed by atoms with E-state index in [0.717, 1.165) is 105 Å². The van der Waals surface area contributed by atoms with Gasteiger partial charge in [-0.25, -0.2) is 13.4 Å². The summed E-state index contributed by atoms with van der Waals surface area (Å²) in [5.41, 5.74) is 6.73. The first kappa shape index (κ1) is 46.9. The normalized spacial score (nSPS) is 22.3. The van der Waals surface area contributed by atoms with E-state index < -0.39 is 33.8 Å². The number of carbonyl (C=O) groups is 4. The van der Waals surface area contributed by atoms with Crippen molar-refractivity contribution in [1.82, 2.24) is 30.0 Å². The molecule has 3 saturated heterocycles. The summed E-state index contributed by atoms with van der Waals surface area (Å²) in [6.45, 7) is 9.75. The zero-order valence-electron chi connectivity index (χ0n) is 39.3. The minimum Gasteiger partial charge on any atom is -0.494 e. The Bertz CT molecular complexity index is 2830. The summed E-state index contributed by atoms with van der Waals surface area (Å²) in [4.78, 5) is 71.0. The highest BCUT2D eigenvalue weighted by molar-refractivity contribution is 9.10. The second kappa shape index (κ2) is 18.8. The van der Waals surface area contributed by atoms with Gasteiger partial charge in [-0.05, 0) is 109 Å². The van der Waals surface area contributed by atoms with Crippen LogP contribution in [0.3, 0.4) is 0 Å². The van der Waals surface area contributed by atoms with Gasteiger partial charge >= 0.3 is 0 Å². The number of carbonyl (C=O) groups excluding carboxylic acids is 4. The van der Waals surface area contributed by atoms with E-state index in [0.29, 0.717) is 75.5 Å². The van der Waals surface area contributed by atoms with Crippen LogP contribution in [0.5, 0.6) is 5.75 Å². The van der Waals surface area contributed by atoms with E-state index in [-0.39, 0.29) is 18.7 Å². The molecule has 1 aliphatic carbocycles. The Hall–Kier alpha value is -5.83. The third-order valence-electron chi connectivity index (χ3n) is 14.9. The topological polar surface area (TPSA) is 193 Å². The van der Waals surface area contributed by atoms with Crippen molar-refractivity contribution in [2.75, 3.05) is 97.5 Å². The molecule has 20 heteroatoms. The van der Waals surface area contributed by atoms with Gasteiger partial charge in [-0.1, -0.05) is 12.1 Å². The second-order valence-electron chi connectivity index (χ2n) is 19.2. The van der Waals surface area contributed by atoms with Crippen LogP contribution in [0.1, 0.15) is 70.4 Å². The monoisotopic (exact) mass is 1020 g/mol. The van der Waals surface area contributed by atoms with Gasteiger partial charge in [-0.2, -0.15) is 4.98 Å². The largest absolute Gasteiger partial charge is 0.494 e. The number of para-hydroxylation sites is 1. The van der Waals surface area contributed by atoms with Crippen molar-refractivity contribution in [3.05, 3.63) is 81.5 Å². The van der Waals surface area contributed by atoms with Crippen LogP contribution >= 0.6 is 15.9 Å². The number of sulfonamides is 1. The summed E-state index contributed by atoms with van der Waals surface area (Å²) in [5, 5.41) is 8.96. The molecule has 1 atom stereocenters. The first-order valence-electron chi connectivity index (χ1n) is 23.8. The average Bonchev–Trinajstić information content (AvgIpc) is 3.88. The fourth-order valence-corrected chi connectivity index (χ4v) is 12.4. The Labute approximate surface area is 410 Å². The van der Waals surface area contributed by atoms with E-state index in [1.165, 1.54) is 10.6 Å².